The molecule has 0 radical (unpaired) electrons. The van der Waals surface area contributed by atoms with Gasteiger partial charge >= 0.3 is 11.9 Å². The van der Waals surface area contributed by atoms with Gasteiger partial charge in [0, 0.05) is 12.8 Å². The minimum absolute atomic E-state index is 0.0360. The van der Waals surface area contributed by atoms with Crippen LogP contribution in [0.1, 0.15) is 31.7 Å². The molecule has 0 spiro atoms. The number of nitrogens with two attached hydrogens (primary N) is 2. The maximum Gasteiger partial charge on any atom is 0.326 e. The van der Waals surface area contributed by atoms with Crippen molar-refractivity contribution in [1.29, 1.82) is 0 Å². The third-order valence-electron chi connectivity index (χ3n) is 4.69. The van der Waals surface area contributed by atoms with Crippen LogP contribution in [0.3, 0.4) is 0 Å². The molecular formula is C21H29N5O8. The van der Waals surface area contributed by atoms with Crippen LogP contribution < -0.4 is 27.4 Å². The Balaban J connectivity index is 2.86. The summed E-state index contributed by atoms with van der Waals surface area (Å²) in [6.45, 7) is 1.28. The molecule has 0 aliphatic carbocycles. The molecule has 186 valence electrons. The van der Waals surface area contributed by atoms with Crippen LogP contribution in [0.4, 0.5) is 0 Å². The summed E-state index contributed by atoms with van der Waals surface area (Å²) in [4.78, 5) is 70.7. The number of carbonyl (C=O) groups excluding carboxylic acids is 4. The molecule has 13 nitrogen and oxygen atoms in total. The van der Waals surface area contributed by atoms with Crippen LogP contribution in [0.2, 0.25) is 0 Å². The first-order chi connectivity index (χ1) is 15.9. The molecule has 1 rings (SSSR count). The smallest absolute Gasteiger partial charge is 0.326 e. The number of carbonyl (C=O) groups is 6. The van der Waals surface area contributed by atoms with Crippen molar-refractivity contribution in [3.63, 3.8) is 0 Å². The van der Waals surface area contributed by atoms with Crippen LogP contribution in [0.5, 0.6) is 0 Å². The Bertz CT molecular complexity index is 908. The molecule has 13 heteroatoms. The van der Waals surface area contributed by atoms with Gasteiger partial charge in [0.15, 0.2) is 0 Å². The lowest BCUT2D eigenvalue weighted by atomic mass is 10.0. The highest BCUT2D eigenvalue weighted by atomic mass is 16.4. The van der Waals surface area contributed by atoms with Gasteiger partial charge in [-0.2, -0.15) is 0 Å². The number of hydrogen-bond acceptors (Lipinski definition) is 7. The van der Waals surface area contributed by atoms with E-state index in [1.54, 1.807) is 30.3 Å². The molecule has 0 saturated carbocycles. The zero-order chi connectivity index (χ0) is 25.8. The third kappa shape index (κ3) is 10.1. The Morgan fingerprint density at radius 1 is 0.882 bits per heavy atom. The largest absolute Gasteiger partial charge is 0.481 e. The molecule has 9 N–H and O–H groups in total. The van der Waals surface area contributed by atoms with Crippen molar-refractivity contribution in [3.8, 4) is 0 Å². The van der Waals surface area contributed by atoms with E-state index in [9.17, 15) is 33.9 Å². The fourth-order valence-electron chi connectivity index (χ4n) is 2.85. The van der Waals surface area contributed by atoms with Gasteiger partial charge < -0.3 is 37.6 Å². The van der Waals surface area contributed by atoms with Crippen LogP contribution in [0, 0.1) is 0 Å². The molecule has 0 heterocycles. The predicted molar refractivity (Wildman–Crippen MR) is 118 cm³/mol. The van der Waals surface area contributed by atoms with Crippen LogP contribution in [-0.2, 0) is 35.2 Å². The lowest BCUT2D eigenvalue weighted by molar-refractivity contribution is -0.143. The van der Waals surface area contributed by atoms with Crippen molar-refractivity contribution in [2.24, 2.45) is 11.5 Å². The number of amides is 4. The molecule has 0 aliphatic heterocycles. The number of primary amides is 1. The van der Waals surface area contributed by atoms with Gasteiger partial charge in [0.2, 0.25) is 23.6 Å². The summed E-state index contributed by atoms with van der Waals surface area (Å²) < 4.78 is 0. The van der Waals surface area contributed by atoms with Crippen molar-refractivity contribution < 1.29 is 39.0 Å². The summed E-state index contributed by atoms with van der Waals surface area (Å²) >= 11 is 0. The van der Waals surface area contributed by atoms with E-state index in [1.165, 1.54) is 6.92 Å². The highest BCUT2D eigenvalue weighted by Crippen LogP contribution is 2.06. The van der Waals surface area contributed by atoms with E-state index in [-0.39, 0.29) is 12.8 Å². The highest BCUT2D eigenvalue weighted by Gasteiger charge is 2.29. The Morgan fingerprint density at radius 2 is 1.47 bits per heavy atom. The molecule has 4 amide bonds. The van der Waals surface area contributed by atoms with Crippen LogP contribution in [-0.4, -0.2) is 69.9 Å². The van der Waals surface area contributed by atoms with E-state index in [1.807, 2.05) is 0 Å². The summed E-state index contributed by atoms with van der Waals surface area (Å²) in [6, 6.07) is 3.31. The Morgan fingerprint density at radius 3 is 2.00 bits per heavy atom. The van der Waals surface area contributed by atoms with Gasteiger partial charge in [-0.15, -0.1) is 0 Å². The van der Waals surface area contributed by atoms with Gasteiger partial charge in [0.25, 0.3) is 0 Å². The molecule has 4 unspecified atom stereocenters. The van der Waals surface area contributed by atoms with E-state index in [0.717, 1.165) is 0 Å². The normalized spacial score (nSPS) is 14.1. The van der Waals surface area contributed by atoms with Crippen molar-refractivity contribution in [2.75, 3.05) is 0 Å². The summed E-state index contributed by atoms with van der Waals surface area (Å²) in [5.74, 6) is -5.94. The maximum atomic E-state index is 12.7. The van der Waals surface area contributed by atoms with Crippen molar-refractivity contribution >= 4 is 35.6 Å². The summed E-state index contributed by atoms with van der Waals surface area (Å²) in [5, 5.41) is 25.3. The number of aliphatic carboxylic acids is 2. The third-order valence-corrected chi connectivity index (χ3v) is 4.69. The zero-order valence-electron chi connectivity index (χ0n) is 18.5. The summed E-state index contributed by atoms with van der Waals surface area (Å²) in [7, 11) is 0. The Labute approximate surface area is 195 Å². The Kier molecular flexibility index (Phi) is 11.2. The molecular weight excluding hydrogens is 450 g/mol. The van der Waals surface area contributed by atoms with E-state index >= 15 is 0 Å². The number of carboxylic acid groups (broad SMARTS) is 2. The van der Waals surface area contributed by atoms with Gasteiger partial charge in [-0.05, 0) is 18.9 Å². The number of hydrogen-bond donors (Lipinski definition) is 7. The SMILES string of the molecule is CC(NC(=O)C(N)CC(N)=O)C(=O)NC(CCC(=O)O)C(=O)NC(Cc1ccccc1)C(=O)O. The average Bonchev–Trinajstić information content (AvgIpc) is 2.75. The quantitative estimate of drug-likeness (QED) is 0.154. The fraction of sp³-hybridized carbons (Fsp3) is 0.429. The molecule has 0 saturated heterocycles. The van der Waals surface area contributed by atoms with E-state index in [2.05, 4.69) is 16.0 Å². The van der Waals surface area contributed by atoms with Crippen molar-refractivity contribution in [2.45, 2.75) is 56.8 Å². The first-order valence-corrected chi connectivity index (χ1v) is 10.3. The van der Waals surface area contributed by atoms with E-state index < -0.39 is 72.6 Å². The molecule has 0 bridgehead atoms. The van der Waals surface area contributed by atoms with Gasteiger partial charge in [-0.1, -0.05) is 30.3 Å². The Hall–Kier alpha value is -4.00. The fourth-order valence-corrected chi connectivity index (χ4v) is 2.85. The number of rotatable bonds is 14. The molecule has 1 aromatic rings. The van der Waals surface area contributed by atoms with Crippen LogP contribution >= 0.6 is 0 Å². The van der Waals surface area contributed by atoms with Crippen molar-refractivity contribution in [3.05, 3.63) is 35.9 Å². The maximum absolute atomic E-state index is 12.7. The van der Waals surface area contributed by atoms with Crippen molar-refractivity contribution in [1.82, 2.24) is 16.0 Å². The summed E-state index contributed by atoms with van der Waals surface area (Å²) in [6.07, 6.45) is -1.29. The highest BCUT2D eigenvalue weighted by molar-refractivity contribution is 5.95. The lowest BCUT2D eigenvalue weighted by Crippen LogP contribution is -2.56. The molecule has 0 aromatic heterocycles. The topological polar surface area (TPSA) is 231 Å². The minimum Gasteiger partial charge on any atom is -0.481 e. The second kappa shape index (κ2) is 13.5. The first-order valence-electron chi connectivity index (χ1n) is 10.3. The second-order valence-corrected chi connectivity index (χ2v) is 7.59. The first kappa shape index (κ1) is 28.0. The predicted octanol–water partition coefficient (Wildman–Crippen LogP) is -2.14. The molecule has 0 aliphatic rings. The van der Waals surface area contributed by atoms with Gasteiger partial charge in [-0.25, -0.2) is 4.79 Å². The number of carboxylic acids is 2. The van der Waals surface area contributed by atoms with E-state index in [0.29, 0.717) is 5.56 Å². The van der Waals surface area contributed by atoms with Crippen LogP contribution in [0.15, 0.2) is 30.3 Å². The molecule has 0 fully saturated rings. The monoisotopic (exact) mass is 479 g/mol. The standard InChI is InChI=1S/C21H29N5O8/c1-11(24-19(31)13(22)10-16(23)27)18(30)25-14(7-8-17(28)29)20(32)26-15(21(33)34)9-12-5-3-2-4-6-12/h2-6,11,13-15H,7-10,22H2,1H3,(H2,23,27)(H,24,31)(H,25,30)(H,26,32)(H,28,29)(H,33,34). The number of benzene rings is 1. The van der Waals surface area contributed by atoms with E-state index in [4.69, 9.17) is 16.6 Å². The average molecular weight is 479 g/mol. The molecule has 34 heavy (non-hydrogen) atoms. The molecule has 1 aromatic carbocycles. The van der Waals surface area contributed by atoms with Gasteiger partial charge in [0.1, 0.15) is 18.1 Å². The van der Waals surface area contributed by atoms with Gasteiger partial charge in [0.05, 0.1) is 12.5 Å². The van der Waals surface area contributed by atoms with Gasteiger partial charge in [-0.3, -0.25) is 24.0 Å². The lowest BCUT2D eigenvalue weighted by Gasteiger charge is -2.23. The minimum atomic E-state index is -1.39. The second-order valence-electron chi connectivity index (χ2n) is 7.59. The zero-order valence-corrected chi connectivity index (χ0v) is 18.5. The van der Waals surface area contributed by atoms with Crippen LogP contribution in [0.25, 0.3) is 0 Å². The number of nitrogens with one attached hydrogen (secondary N) is 3. The summed E-state index contributed by atoms with van der Waals surface area (Å²) in [5.41, 5.74) is 11.1. The molecule has 4 atom stereocenters.